The van der Waals surface area contributed by atoms with Crippen molar-refractivity contribution in [1.82, 2.24) is 14.8 Å². The van der Waals surface area contributed by atoms with Gasteiger partial charge in [-0.3, -0.25) is 4.79 Å². The van der Waals surface area contributed by atoms with Crippen molar-refractivity contribution in [2.45, 2.75) is 50.6 Å². The number of benzene rings is 1. The van der Waals surface area contributed by atoms with E-state index < -0.39 is 0 Å². The monoisotopic (exact) mass is 518 g/mol. The van der Waals surface area contributed by atoms with Gasteiger partial charge in [0.2, 0.25) is 5.91 Å². The SMILES string of the molecule is CCOC(=O)c1c(NC(=O)CSc2nnc(Cc3ccc(Cl)cc3)n2C)sc2c1CCCCC2. The summed E-state index contributed by atoms with van der Waals surface area (Å²) in [6.45, 7) is 2.09. The molecule has 34 heavy (non-hydrogen) atoms. The lowest BCUT2D eigenvalue weighted by Crippen LogP contribution is -2.17. The molecule has 1 amide bonds. The molecule has 0 atom stereocenters. The molecule has 0 unspecified atom stereocenters. The third-order valence-corrected chi connectivity index (χ3v) is 8.17. The second-order valence-corrected chi connectivity index (χ2v) is 10.6. The van der Waals surface area contributed by atoms with E-state index in [1.807, 2.05) is 35.9 Å². The maximum absolute atomic E-state index is 12.8. The zero-order valence-corrected chi connectivity index (χ0v) is 21.6. The Morgan fingerprint density at radius 2 is 1.94 bits per heavy atom. The summed E-state index contributed by atoms with van der Waals surface area (Å²) in [5.41, 5.74) is 2.66. The number of ether oxygens (including phenoxy) is 1. The van der Waals surface area contributed by atoms with Crippen molar-refractivity contribution in [1.29, 1.82) is 0 Å². The number of hydrogen-bond acceptors (Lipinski definition) is 7. The topological polar surface area (TPSA) is 86.1 Å². The predicted molar refractivity (Wildman–Crippen MR) is 136 cm³/mol. The van der Waals surface area contributed by atoms with Crippen LogP contribution in [0.1, 0.15) is 58.4 Å². The van der Waals surface area contributed by atoms with Crippen LogP contribution in [0.5, 0.6) is 0 Å². The van der Waals surface area contributed by atoms with E-state index in [4.69, 9.17) is 16.3 Å². The third-order valence-electron chi connectivity index (χ3n) is 5.69. The van der Waals surface area contributed by atoms with Gasteiger partial charge in [0.1, 0.15) is 10.8 Å². The van der Waals surface area contributed by atoms with E-state index in [-0.39, 0.29) is 17.6 Å². The van der Waals surface area contributed by atoms with E-state index in [9.17, 15) is 9.59 Å². The van der Waals surface area contributed by atoms with Gasteiger partial charge in [0.15, 0.2) is 5.16 Å². The Morgan fingerprint density at radius 3 is 2.71 bits per heavy atom. The van der Waals surface area contributed by atoms with Crippen molar-refractivity contribution < 1.29 is 14.3 Å². The van der Waals surface area contributed by atoms with E-state index in [1.54, 1.807) is 6.92 Å². The second kappa shape index (κ2) is 11.4. The quantitative estimate of drug-likeness (QED) is 0.247. The van der Waals surface area contributed by atoms with Gasteiger partial charge in [0, 0.05) is 23.4 Å². The molecular formula is C24H27ClN4O3S2. The van der Waals surface area contributed by atoms with E-state index in [2.05, 4.69) is 15.5 Å². The Labute approximate surface area is 212 Å². The van der Waals surface area contributed by atoms with Crippen LogP contribution in [0.15, 0.2) is 29.4 Å². The first-order chi connectivity index (χ1) is 16.5. The fourth-order valence-electron chi connectivity index (χ4n) is 3.95. The molecule has 180 valence electrons. The molecule has 0 aliphatic heterocycles. The number of hydrogen-bond donors (Lipinski definition) is 1. The number of esters is 1. The summed E-state index contributed by atoms with van der Waals surface area (Å²) >= 11 is 8.78. The highest BCUT2D eigenvalue weighted by atomic mass is 35.5. The highest BCUT2D eigenvalue weighted by Crippen LogP contribution is 2.38. The molecule has 0 fully saturated rings. The first kappa shape index (κ1) is 24.8. The van der Waals surface area contributed by atoms with Crippen molar-refractivity contribution in [3.05, 3.63) is 56.7 Å². The van der Waals surface area contributed by atoms with Crippen molar-refractivity contribution in [3.8, 4) is 0 Å². The fraction of sp³-hybridized carbons (Fsp3) is 0.417. The molecule has 1 aliphatic carbocycles. The van der Waals surface area contributed by atoms with Gasteiger partial charge in [-0.05, 0) is 55.9 Å². The molecule has 1 N–H and O–H groups in total. The number of halogens is 1. The number of fused-ring (bicyclic) bond motifs is 1. The Kier molecular flexibility index (Phi) is 8.28. The first-order valence-corrected chi connectivity index (χ1v) is 13.5. The standard InChI is InChI=1S/C24H27ClN4O3S2/c1-3-32-23(31)21-17-7-5-4-6-8-18(17)34-22(21)26-20(30)14-33-24-28-27-19(29(24)2)13-15-9-11-16(25)12-10-15/h9-12H,3-8,13-14H2,1-2H3,(H,26,30). The Bertz CT molecular complexity index is 1170. The minimum atomic E-state index is -0.356. The van der Waals surface area contributed by atoms with Gasteiger partial charge in [0.25, 0.3) is 0 Å². The summed E-state index contributed by atoms with van der Waals surface area (Å²) in [6.07, 6.45) is 5.70. The number of nitrogens with one attached hydrogen (secondary N) is 1. The van der Waals surface area contributed by atoms with Gasteiger partial charge >= 0.3 is 5.97 Å². The molecule has 10 heteroatoms. The minimum Gasteiger partial charge on any atom is -0.462 e. The number of amides is 1. The molecule has 4 rings (SSSR count). The number of aryl methyl sites for hydroxylation is 1. The Balaban J connectivity index is 1.42. The highest BCUT2D eigenvalue weighted by molar-refractivity contribution is 7.99. The molecule has 0 saturated heterocycles. The molecule has 0 radical (unpaired) electrons. The smallest absolute Gasteiger partial charge is 0.341 e. The molecule has 2 aromatic heterocycles. The second-order valence-electron chi connectivity index (χ2n) is 8.09. The van der Waals surface area contributed by atoms with E-state index in [0.29, 0.717) is 33.8 Å². The van der Waals surface area contributed by atoms with Crippen LogP contribution in [0.4, 0.5) is 5.00 Å². The van der Waals surface area contributed by atoms with Crippen LogP contribution in [0, 0.1) is 0 Å². The van der Waals surface area contributed by atoms with Gasteiger partial charge in [0.05, 0.1) is 17.9 Å². The lowest BCUT2D eigenvalue weighted by atomic mass is 10.1. The number of thiophene rings is 1. The van der Waals surface area contributed by atoms with Gasteiger partial charge in [-0.25, -0.2) is 4.79 Å². The molecule has 7 nitrogen and oxygen atoms in total. The average Bonchev–Trinajstić information content (AvgIpc) is 3.24. The van der Waals surface area contributed by atoms with Gasteiger partial charge < -0.3 is 14.6 Å². The Morgan fingerprint density at radius 1 is 1.18 bits per heavy atom. The number of thioether (sulfide) groups is 1. The van der Waals surface area contributed by atoms with Crippen LogP contribution in [0.25, 0.3) is 0 Å². The Hall–Kier alpha value is -2.36. The van der Waals surface area contributed by atoms with Gasteiger partial charge in [-0.15, -0.1) is 21.5 Å². The lowest BCUT2D eigenvalue weighted by Gasteiger charge is -2.08. The largest absolute Gasteiger partial charge is 0.462 e. The van der Waals surface area contributed by atoms with Crippen molar-refractivity contribution >= 4 is 51.6 Å². The van der Waals surface area contributed by atoms with Gasteiger partial charge in [-0.1, -0.05) is 41.9 Å². The number of aromatic nitrogens is 3. The number of carbonyl (C=O) groups is 2. The molecule has 3 aromatic rings. The number of carbonyl (C=O) groups excluding carboxylic acids is 2. The van der Waals surface area contributed by atoms with E-state index >= 15 is 0 Å². The molecule has 0 spiro atoms. The third kappa shape index (κ3) is 5.82. The summed E-state index contributed by atoms with van der Waals surface area (Å²) in [4.78, 5) is 26.7. The summed E-state index contributed by atoms with van der Waals surface area (Å²) < 4.78 is 7.19. The van der Waals surface area contributed by atoms with E-state index in [1.165, 1.54) is 28.0 Å². The average molecular weight is 519 g/mol. The summed E-state index contributed by atoms with van der Waals surface area (Å²) in [5, 5.41) is 13.4. The fourth-order valence-corrected chi connectivity index (χ4v) is 6.10. The molecule has 0 saturated carbocycles. The van der Waals surface area contributed by atoms with E-state index in [0.717, 1.165) is 49.1 Å². The summed E-state index contributed by atoms with van der Waals surface area (Å²) in [6, 6.07) is 7.62. The molecular weight excluding hydrogens is 492 g/mol. The van der Waals surface area contributed by atoms with Crippen molar-refractivity contribution in [2.24, 2.45) is 7.05 Å². The van der Waals surface area contributed by atoms with Gasteiger partial charge in [-0.2, -0.15) is 0 Å². The lowest BCUT2D eigenvalue weighted by molar-refractivity contribution is -0.113. The zero-order valence-electron chi connectivity index (χ0n) is 19.2. The summed E-state index contributed by atoms with van der Waals surface area (Å²) in [7, 11) is 1.89. The van der Waals surface area contributed by atoms with Crippen LogP contribution >= 0.6 is 34.7 Å². The van der Waals surface area contributed by atoms with Crippen LogP contribution in [0.3, 0.4) is 0 Å². The highest BCUT2D eigenvalue weighted by Gasteiger charge is 2.26. The maximum atomic E-state index is 12.8. The molecule has 1 aromatic carbocycles. The summed E-state index contributed by atoms with van der Waals surface area (Å²) in [5.74, 6) is 0.425. The number of rotatable bonds is 8. The molecule has 2 heterocycles. The molecule has 0 bridgehead atoms. The number of anilines is 1. The van der Waals surface area contributed by atoms with Crippen molar-refractivity contribution in [3.63, 3.8) is 0 Å². The zero-order chi connectivity index (χ0) is 24.1. The normalized spacial score (nSPS) is 13.3. The first-order valence-electron chi connectivity index (χ1n) is 11.3. The van der Waals surface area contributed by atoms with Crippen LogP contribution in [0.2, 0.25) is 5.02 Å². The van der Waals surface area contributed by atoms with Crippen LogP contribution in [-0.4, -0.2) is 39.0 Å². The van der Waals surface area contributed by atoms with Crippen LogP contribution in [-0.2, 0) is 35.8 Å². The van der Waals surface area contributed by atoms with Crippen molar-refractivity contribution in [2.75, 3.05) is 17.7 Å². The van der Waals surface area contributed by atoms with Crippen LogP contribution < -0.4 is 5.32 Å². The predicted octanol–water partition coefficient (Wildman–Crippen LogP) is 5.30. The maximum Gasteiger partial charge on any atom is 0.341 e. The number of nitrogens with zero attached hydrogens (tertiary/aromatic N) is 3. The minimum absolute atomic E-state index is 0.164. The molecule has 1 aliphatic rings.